The molecule has 3 aliphatic rings. The van der Waals surface area contributed by atoms with Gasteiger partial charge in [0.1, 0.15) is 34.4 Å². The highest BCUT2D eigenvalue weighted by molar-refractivity contribution is 6.16. The smallest absolute Gasteiger partial charge is 0.260 e. The van der Waals surface area contributed by atoms with E-state index in [2.05, 4.69) is 76.5 Å². The number of aromatic hydroxyl groups is 6. The van der Waals surface area contributed by atoms with Crippen LogP contribution in [0.3, 0.4) is 0 Å². The minimum atomic E-state index is -0.689. The van der Waals surface area contributed by atoms with Gasteiger partial charge in [-0.3, -0.25) is 9.59 Å². The number of hydrogen-bond acceptors (Lipinski definition) is 13. The van der Waals surface area contributed by atoms with Crippen molar-refractivity contribution in [1.82, 2.24) is 0 Å². The van der Waals surface area contributed by atoms with E-state index in [-0.39, 0.29) is 111 Å². The van der Waals surface area contributed by atoms with Crippen LogP contribution in [0.4, 0.5) is 34.1 Å². The van der Waals surface area contributed by atoms with Crippen LogP contribution in [0.1, 0.15) is 176 Å². The minimum Gasteiger partial charge on any atom is -0.507 e. The average molecular weight is 1100 g/mol. The van der Waals surface area contributed by atoms with E-state index in [0.29, 0.717) is 37.1 Å². The zero-order valence-electron chi connectivity index (χ0n) is 48.2. The summed E-state index contributed by atoms with van der Waals surface area (Å²) in [6, 6.07) is 12.3. The van der Waals surface area contributed by atoms with Gasteiger partial charge in [-0.2, -0.15) is 0 Å². The number of aliphatic hydroxyl groups excluding tert-OH is 1. The lowest BCUT2D eigenvalue weighted by atomic mass is 10.00. The number of para-hydroxylation sites is 2. The third-order valence-corrected chi connectivity index (χ3v) is 14.7. The Morgan fingerprint density at radius 1 is 0.613 bits per heavy atom. The molecule has 1 fully saturated rings. The molecule has 9 N–H and O–H groups in total. The highest BCUT2D eigenvalue weighted by Gasteiger charge is 2.36. The van der Waals surface area contributed by atoms with Gasteiger partial charge in [0.15, 0.2) is 11.5 Å². The number of fused-ring (bicyclic) bond motifs is 4. The molecular formula is C65H84N4O11. The quantitative estimate of drug-likeness (QED) is 0.0203. The number of carbonyl (C=O) groups is 2. The van der Waals surface area contributed by atoms with Crippen molar-refractivity contribution >= 4 is 45.9 Å². The highest BCUT2D eigenvalue weighted by Crippen LogP contribution is 2.53. The fourth-order valence-electron chi connectivity index (χ4n) is 10.1. The topological polar surface area (TPSA) is 225 Å². The first-order chi connectivity index (χ1) is 38.2. The van der Waals surface area contributed by atoms with E-state index in [1.165, 1.54) is 63.5 Å². The molecule has 15 heteroatoms. The standard InChI is InChI=1S/C33H44N2O6.C32H40N2O5/c1-21(2)10-6-11-22(3)12-7-13-23(4)17-18-35-25-20-27(38)29(28(41-5)16-9-19-36)32(39)31(25)34-30-24(33(35)40)14-8-15-26(30)37;1-20(2)9-5-10-21(3)11-6-12-22(4)16-17-34-24-19-26(36)28(27-15-8-18-39-27)31(37)30(24)33-29-23(32(34)38)13-7-14-25(29)35/h8,10,12,14-15,17,20,28,34,36-39H,6-7,9,11,13,16,18-19H2,1-5H3;7,9,11,13-14,16,19,27,33,35-37H,5-6,8,10,12,15,17-18H2,1-4H3/b22-12+,23-17+;21-11+,22-16+. The lowest BCUT2D eigenvalue weighted by molar-refractivity contribution is 0.0839. The summed E-state index contributed by atoms with van der Waals surface area (Å²) < 4.78 is 11.3. The maximum Gasteiger partial charge on any atom is 0.260 e. The number of hydrogen-bond donors (Lipinski definition) is 9. The summed E-state index contributed by atoms with van der Waals surface area (Å²) in [4.78, 5) is 30.5. The van der Waals surface area contributed by atoms with E-state index in [4.69, 9.17) is 9.47 Å². The molecule has 0 radical (unpaired) electrons. The minimum absolute atomic E-state index is 0.0644. The van der Waals surface area contributed by atoms with Crippen LogP contribution in [0, 0.1) is 0 Å². The summed E-state index contributed by atoms with van der Waals surface area (Å²) in [7, 11) is 1.46. The number of allylic oxidation sites excluding steroid dienone is 10. The van der Waals surface area contributed by atoms with Crippen molar-refractivity contribution in [3.63, 3.8) is 0 Å². The SMILES string of the molecule is CC(C)=CCC/C(C)=C/CC/C(C)=C/CN1C(=O)c2cccc(O)c2Nc2c1cc(O)c(C1CCCO1)c2O.COC(CCCO)c1c(O)cc2c(c1O)Nc1c(O)cccc1C(=O)N2C/C=C(\C)CC/C=C(\C)CCC=C(C)C. The molecule has 2 unspecified atom stereocenters. The van der Waals surface area contributed by atoms with Gasteiger partial charge in [0.2, 0.25) is 0 Å². The zero-order chi connectivity index (χ0) is 58.2. The number of phenolic OH excluding ortho intramolecular Hbond substituents is 6. The molecule has 80 heavy (non-hydrogen) atoms. The second-order valence-corrected chi connectivity index (χ2v) is 21.6. The second-order valence-electron chi connectivity index (χ2n) is 21.6. The number of aliphatic hydroxyl groups is 1. The normalized spacial score (nSPS) is 15.8. The monoisotopic (exact) mass is 1100 g/mol. The number of carbonyl (C=O) groups excluding carboxylic acids is 2. The number of methoxy groups -OCH3 is 1. The van der Waals surface area contributed by atoms with Crippen molar-refractivity contribution in [3.8, 4) is 34.5 Å². The molecule has 3 aliphatic heterocycles. The van der Waals surface area contributed by atoms with Crippen LogP contribution in [-0.2, 0) is 9.47 Å². The molecule has 430 valence electrons. The van der Waals surface area contributed by atoms with Crippen molar-refractivity contribution in [3.05, 3.63) is 141 Å². The fraction of sp³-hybridized carbons (Fsp3) is 0.415. The molecule has 0 saturated carbocycles. The number of amides is 2. The van der Waals surface area contributed by atoms with Crippen LogP contribution in [0.5, 0.6) is 34.5 Å². The first-order valence-corrected chi connectivity index (χ1v) is 27.9. The molecule has 4 aromatic carbocycles. The van der Waals surface area contributed by atoms with Crippen LogP contribution in [0.25, 0.3) is 0 Å². The van der Waals surface area contributed by atoms with Crippen molar-refractivity contribution < 1.29 is 54.8 Å². The molecule has 3 heterocycles. The molecule has 0 spiro atoms. The van der Waals surface area contributed by atoms with Gasteiger partial charge in [-0.15, -0.1) is 0 Å². The van der Waals surface area contributed by atoms with Gasteiger partial charge in [-0.05, 0) is 157 Å². The number of nitrogens with zero attached hydrogens (tertiary/aromatic N) is 2. The third kappa shape index (κ3) is 15.7. The van der Waals surface area contributed by atoms with Crippen molar-refractivity contribution in [2.24, 2.45) is 0 Å². The Hall–Kier alpha value is -7.46. The Bertz CT molecular complexity index is 3040. The van der Waals surface area contributed by atoms with Crippen LogP contribution >= 0.6 is 0 Å². The summed E-state index contributed by atoms with van der Waals surface area (Å²) in [6.45, 7) is 17.8. The van der Waals surface area contributed by atoms with Gasteiger partial charge in [0.25, 0.3) is 11.8 Å². The molecule has 0 bridgehead atoms. The van der Waals surface area contributed by atoms with Crippen LogP contribution < -0.4 is 20.4 Å². The molecule has 1 saturated heterocycles. The van der Waals surface area contributed by atoms with Crippen molar-refractivity contribution in [2.75, 3.05) is 53.8 Å². The number of phenols is 6. The predicted octanol–water partition coefficient (Wildman–Crippen LogP) is 15.2. The number of ether oxygens (including phenoxy) is 2. The Kier molecular flexibility index (Phi) is 22.5. The number of nitrogens with one attached hydrogen (secondary N) is 2. The summed E-state index contributed by atoms with van der Waals surface area (Å²) >= 11 is 0. The van der Waals surface area contributed by atoms with Gasteiger partial charge in [0, 0.05) is 45.5 Å². The average Bonchev–Trinajstić information content (AvgIpc) is 4.00. The van der Waals surface area contributed by atoms with E-state index < -0.39 is 12.2 Å². The summed E-state index contributed by atoms with van der Waals surface area (Å²) in [5.41, 5.74) is 10.0. The maximum absolute atomic E-state index is 13.8. The first kappa shape index (κ1) is 61.7. The molecule has 15 nitrogen and oxygen atoms in total. The largest absolute Gasteiger partial charge is 0.507 e. The van der Waals surface area contributed by atoms with E-state index in [1.807, 2.05) is 26.0 Å². The molecule has 2 amide bonds. The Balaban J connectivity index is 0.000000258. The maximum atomic E-state index is 13.8. The first-order valence-electron chi connectivity index (χ1n) is 27.9. The Morgan fingerprint density at radius 3 is 1.50 bits per heavy atom. The zero-order valence-corrected chi connectivity index (χ0v) is 48.2. The van der Waals surface area contributed by atoms with Crippen molar-refractivity contribution in [1.29, 1.82) is 0 Å². The molecular weight excluding hydrogens is 1010 g/mol. The molecule has 0 aliphatic carbocycles. The molecule has 4 aromatic rings. The summed E-state index contributed by atoms with van der Waals surface area (Å²) in [5.74, 6) is -1.77. The van der Waals surface area contributed by atoms with Crippen LogP contribution in [0.2, 0.25) is 0 Å². The molecule has 7 rings (SSSR count). The summed E-state index contributed by atoms with van der Waals surface area (Å²) in [5, 5.41) is 81.2. The van der Waals surface area contributed by atoms with E-state index in [9.17, 15) is 45.3 Å². The van der Waals surface area contributed by atoms with E-state index >= 15 is 0 Å². The van der Waals surface area contributed by atoms with Crippen molar-refractivity contribution in [2.45, 2.75) is 145 Å². The predicted molar refractivity (Wildman–Crippen MR) is 320 cm³/mol. The number of anilines is 6. The lowest BCUT2D eigenvalue weighted by Crippen LogP contribution is -2.30. The van der Waals surface area contributed by atoms with Crippen LogP contribution in [-0.4, -0.2) is 81.0 Å². The second kappa shape index (κ2) is 29.1. The Labute approximate surface area is 472 Å². The van der Waals surface area contributed by atoms with Crippen LogP contribution in [0.15, 0.2) is 118 Å². The van der Waals surface area contributed by atoms with E-state index in [0.717, 1.165) is 68.9 Å². The molecule has 2 atom stereocenters. The van der Waals surface area contributed by atoms with Gasteiger partial charge in [0.05, 0.1) is 57.2 Å². The fourth-order valence-corrected chi connectivity index (χ4v) is 10.1. The van der Waals surface area contributed by atoms with Gasteiger partial charge >= 0.3 is 0 Å². The van der Waals surface area contributed by atoms with Gasteiger partial charge in [-0.1, -0.05) is 82.0 Å². The lowest BCUT2D eigenvalue weighted by Gasteiger charge is -2.25. The Morgan fingerprint density at radius 2 is 1.06 bits per heavy atom. The molecule has 0 aromatic heterocycles. The summed E-state index contributed by atoms with van der Waals surface area (Å²) in [6.07, 6.45) is 21.8. The van der Waals surface area contributed by atoms with E-state index in [1.54, 1.807) is 24.3 Å². The highest BCUT2D eigenvalue weighted by atomic mass is 16.5. The number of rotatable bonds is 22. The third-order valence-electron chi connectivity index (χ3n) is 14.7. The number of benzene rings is 4. The van der Waals surface area contributed by atoms with Gasteiger partial charge in [-0.25, -0.2) is 0 Å². The van der Waals surface area contributed by atoms with Gasteiger partial charge < -0.3 is 65.7 Å².